The van der Waals surface area contributed by atoms with Crippen molar-refractivity contribution in [3.05, 3.63) is 29.8 Å². The van der Waals surface area contributed by atoms with E-state index < -0.39 is 10.0 Å². The summed E-state index contributed by atoms with van der Waals surface area (Å²) in [4.78, 5) is 14.0. The number of hydrogen-bond donors (Lipinski definition) is 0. The van der Waals surface area contributed by atoms with Gasteiger partial charge in [0.25, 0.3) is 0 Å². The Balaban J connectivity index is 2.02. The highest BCUT2D eigenvalue weighted by atomic mass is 32.2. The SMILES string of the molecule is CCCC(=O)N1CCN(S(=O)(=O)c2ccc(CC(C)C)cc2)CC1. The predicted molar refractivity (Wildman–Crippen MR) is 95.2 cm³/mol. The molecule has 134 valence electrons. The number of carbonyl (C=O) groups is 1. The topological polar surface area (TPSA) is 57.7 Å². The van der Waals surface area contributed by atoms with E-state index in [1.54, 1.807) is 17.0 Å². The zero-order valence-corrected chi connectivity index (χ0v) is 15.7. The molecule has 0 atom stereocenters. The molecule has 1 aromatic carbocycles. The minimum atomic E-state index is -3.47. The van der Waals surface area contributed by atoms with Crippen LogP contribution < -0.4 is 0 Å². The number of rotatable bonds is 6. The van der Waals surface area contributed by atoms with Crippen LogP contribution in [-0.4, -0.2) is 49.7 Å². The predicted octanol–water partition coefficient (Wildman–Crippen LogP) is 2.52. The van der Waals surface area contributed by atoms with Crippen molar-refractivity contribution >= 4 is 15.9 Å². The van der Waals surface area contributed by atoms with E-state index in [1.165, 1.54) is 4.31 Å². The number of sulfonamides is 1. The number of nitrogens with zero attached hydrogens (tertiary/aromatic N) is 2. The van der Waals surface area contributed by atoms with E-state index in [2.05, 4.69) is 13.8 Å². The summed E-state index contributed by atoms with van der Waals surface area (Å²) in [5.74, 6) is 0.661. The molecule has 0 unspecified atom stereocenters. The van der Waals surface area contributed by atoms with Crippen molar-refractivity contribution in [3.8, 4) is 0 Å². The lowest BCUT2D eigenvalue weighted by Gasteiger charge is -2.34. The van der Waals surface area contributed by atoms with E-state index >= 15 is 0 Å². The van der Waals surface area contributed by atoms with E-state index in [1.807, 2.05) is 19.1 Å². The van der Waals surface area contributed by atoms with Crippen LogP contribution in [0.3, 0.4) is 0 Å². The fourth-order valence-electron chi connectivity index (χ4n) is 2.97. The van der Waals surface area contributed by atoms with Crippen LogP contribution in [0.4, 0.5) is 0 Å². The van der Waals surface area contributed by atoms with Crippen LogP contribution in [-0.2, 0) is 21.2 Å². The lowest BCUT2D eigenvalue weighted by atomic mass is 10.0. The van der Waals surface area contributed by atoms with Gasteiger partial charge in [0.2, 0.25) is 15.9 Å². The fourth-order valence-corrected chi connectivity index (χ4v) is 4.39. The van der Waals surface area contributed by atoms with Crippen LogP contribution in [0.25, 0.3) is 0 Å². The van der Waals surface area contributed by atoms with E-state index in [9.17, 15) is 13.2 Å². The summed E-state index contributed by atoms with van der Waals surface area (Å²) in [6, 6.07) is 7.19. The van der Waals surface area contributed by atoms with Crippen molar-refractivity contribution in [2.45, 2.75) is 44.9 Å². The van der Waals surface area contributed by atoms with Crippen molar-refractivity contribution in [3.63, 3.8) is 0 Å². The van der Waals surface area contributed by atoms with Crippen molar-refractivity contribution in [1.29, 1.82) is 0 Å². The number of carbonyl (C=O) groups excluding carboxylic acids is 1. The summed E-state index contributed by atoms with van der Waals surface area (Å²) in [5, 5.41) is 0. The number of benzene rings is 1. The highest BCUT2D eigenvalue weighted by Crippen LogP contribution is 2.19. The van der Waals surface area contributed by atoms with Crippen LogP contribution in [0, 0.1) is 5.92 Å². The minimum absolute atomic E-state index is 0.118. The van der Waals surface area contributed by atoms with Crippen LogP contribution in [0.5, 0.6) is 0 Å². The summed E-state index contributed by atoms with van der Waals surface area (Å²) in [7, 11) is -3.47. The molecule has 0 bridgehead atoms. The van der Waals surface area contributed by atoms with Gasteiger partial charge in [-0.1, -0.05) is 32.9 Å². The first-order chi connectivity index (χ1) is 11.3. The maximum absolute atomic E-state index is 12.7. The van der Waals surface area contributed by atoms with Gasteiger partial charge in [-0.2, -0.15) is 4.31 Å². The molecule has 1 aliphatic rings. The van der Waals surface area contributed by atoms with Gasteiger partial charge in [0.05, 0.1) is 4.90 Å². The maximum Gasteiger partial charge on any atom is 0.243 e. The monoisotopic (exact) mass is 352 g/mol. The third-order valence-electron chi connectivity index (χ3n) is 4.26. The molecular weight excluding hydrogens is 324 g/mol. The van der Waals surface area contributed by atoms with E-state index in [-0.39, 0.29) is 5.91 Å². The molecule has 1 amide bonds. The lowest BCUT2D eigenvalue weighted by Crippen LogP contribution is -2.50. The summed E-state index contributed by atoms with van der Waals surface area (Å²) < 4.78 is 27.0. The molecule has 24 heavy (non-hydrogen) atoms. The first-order valence-electron chi connectivity index (χ1n) is 8.71. The van der Waals surface area contributed by atoms with Crippen LogP contribution in [0.15, 0.2) is 29.2 Å². The van der Waals surface area contributed by atoms with Crippen molar-refractivity contribution in [1.82, 2.24) is 9.21 Å². The van der Waals surface area contributed by atoms with Crippen LogP contribution in [0.2, 0.25) is 0 Å². The second-order valence-electron chi connectivity index (χ2n) is 6.78. The fraction of sp³-hybridized carbons (Fsp3) is 0.611. The van der Waals surface area contributed by atoms with Crippen molar-refractivity contribution in [2.24, 2.45) is 5.92 Å². The zero-order valence-electron chi connectivity index (χ0n) is 14.9. The molecule has 0 radical (unpaired) electrons. The molecular formula is C18H28N2O3S. The second kappa shape index (κ2) is 8.12. The molecule has 6 heteroatoms. The van der Waals surface area contributed by atoms with Gasteiger partial charge in [0, 0.05) is 32.6 Å². The molecule has 1 aromatic rings. The number of hydrogen-bond acceptors (Lipinski definition) is 3. The summed E-state index contributed by atoms with van der Waals surface area (Å²) in [6.45, 7) is 7.94. The Hall–Kier alpha value is -1.40. The van der Waals surface area contributed by atoms with E-state index in [0.29, 0.717) is 43.4 Å². The first kappa shape index (κ1) is 18.9. The standard InChI is InChI=1S/C18H28N2O3S/c1-4-5-18(21)19-10-12-20(13-11-19)24(22,23)17-8-6-16(7-9-17)14-15(2)3/h6-9,15H,4-5,10-14H2,1-3H3. The second-order valence-corrected chi connectivity index (χ2v) is 8.71. The zero-order chi connectivity index (χ0) is 17.7. The Morgan fingerprint density at radius 2 is 1.67 bits per heavy atom. The largest absolute Gasteiger partial charge is 0.340 e. The summed E-state index contributed by atoms with van der Waals surface area (Å²) >= 11 is 0. The average Bonchev–Trinajstić information content (AvgIpc) is 2.55. The smallest absolute Gasteiger partial charge is 0.243 e. The normalized spacial score (nSPS) is 16.6. The van der Waals surface area contributed by atoms with Crippen molar-refractivity contribution < 1.29 is 13.2 Å². The molecule has 0 saturated carbocycles. The molecule has 1 fully saturated rings. The molecule has 5 nitrogen and oxygen atoms in total. The maximum atomic E-state index is 12.7. The molecule has 0 aliphatic carbocycles. The van der Waals surface area contributed by atoms with E-state index in [0.717, 1.165) is 18.4 Å². The summed E-state index contributed by atoms with van der Waals surface area (Å²) in [5.41, 5.74) is 1.15. The Labute approximate surface area is 145 Å². The molecule has 0 N–H and O–H groups in total. The van der Waals surface area contributed by atoms with Gasteiger partial charge in [0.15, 0.2) is 0 Å². The molecule has 1 heterocycles. The Bertz CT molecular complexity index is 645. The Kier molecular flexibility index (Phi) is 6.40. The van der Waals surface area contributed by atoms with Gasteiger partial charge in [-0.05, 0) is 36.5 Å². The van der Waals surface area contributed by atoms with E-state index in [4.69, 9.17) is 0 Å². The van der Waals surface area contributed by atoms with Gasteiger partial charge in [-0.15, -0.1) is 0 Å². The Morgan fingerprint density at radius 3 is 2.17 bits per heavy atom. The highest BCUT2D eigenvalue weighted by Gasteiger charge is 2.29. The van der Waals surface area contributed by atoms with Gasteiger partial charge >= 0.3 is 0 Å². The van der Waals surface area contributed by atoms with Gasteiger partial charge in [0.1, 0.15) is 0 Å². The highest BCUT2D eigenvalue weighted by molar-refractivity contribution is 7.89. The molecule has 2 rings (SSSR count). The minimum Gasteiger partial charge on any atom is -0.340 e. The average molecular weight is 353 g/mol. The molecule has 1 aliphatic heterocycles. The third-order valence-corrected chi connectivity index (χ3v) is 6.17. The van der Waals surface area contributed by atoms with Gasteiger partial charge in [-0.3, -0.25) is 4.79 Å². The molecule has 0 aromatic heterocycles. The Morgan fingerprint density at radius 1 is 1.08 bits per heavy atom. The van der Waals surface area contributed by atoms with Crippen LogP contribution in [0.1, 0.15) is 39.2 Å². The third kappa shape index (κ3) is 4.57. The van der Waals surface area contributed by atoms with Crippen LogP contribution >= 0.6 is 0 Å². The quantitative estimate of drug-likeness (QED) is 0.790. The van der Waals surface area contributed by atoms with Gasteiger partial charge in [-0.25, -0.2) is 8.42 Å². The molecule has 1 saturated heterocycles. The van der Waals surface area contributed by atoms with Gasteiger partial charge < -0.3 is 4.90 Å². The first-order valence-corrected chi connectivity index (χ1v) is 10.2. The number of amides is 1. The summed E-state index contributed by atoms with van der Waals surface area (Å²) in [6.07, 6.45) is 2.29. The molecule has 0 spiro atoms. The number of piperazine rings is 1. The lowest BCUT2D eigenvalue weighted by molar-refractivity contribution is -0.132. The van der Waals surface area contributed by atoms with Crippen molar-refractivity contribution in [2.75, 3.05) is 26.2 Å².